The Morgan fingerprint density at radius 1 is 0.971 bits per heavy atom. The Morgan fingerprint density at radius 3 is 2.37 bits per heavy atom. The molecule has 1 aliphatic carbocycles. The zero-order valence-corrected chi connectivity index (χ0v) is 20.2. The summed E-state index contributed by atoms with van der Waals surface area (Å²) in [7, 11) is 0. The molecule has 5 rings (SSSR count). The summed E-state index contributed by atoms with van der Waals surface area (Å²) in [6.45, 7) is 1.97. The van der Waals surface area contributed by atoms with E-state index in [-0.39, 0.29) is 11.3 Å². The highest BCUT2D eigenvalue weighted by Gasteiger charge is 2.21. The number of fused-ring (bicyclic) bond motifs is 1. The summed E-state index contributed by atoms with van der Waals surface area (Å²) in [5, 5.41) is 3.96. The van der Waals surface area contributed by atoms with Gasteiger partial charge in [0.15, 0.2) is 5.43 Å². The smallest absolute Gasteiger partial charge is 0.193 e. The summed E-state index contributed by atoms with van der Waals surface area (Å²) >= 11 is 0. The van der Waals surface area contributed by atoms with Gasteiger partial charge in [0, 0.05) is 35.5 Å². The van der Waals surface area contributed by atoms with Gasteiger partial charge in [0.1, 0.15) is 17.2 Å². The van der Waals surface area contributed by atoms with Gasteiger partial charge in [-0.05, 0) is 62.1 Å². The van der Waals surface area contributed by atoms with Crippen LogP contribution in [0.15, 0.2) is 77.6 Å². The molecule has 0 radical (unpaired) electrons. The average molecular weight is 466 g/mol. The van der Waals surface area contributed by atoms with E-state index in [1.807, 2.05) is 78.2 Å². The lowest BCUT2D eigenvalue weighted by atomic mass is 9.84. The van der Waals surface area contributed by atoms with E-state index in [4.69, 9.17) is 4.98 Å². The Bertz CT molecular complexity index is 1390. The molecule has 2 heterocycles. The summed E-state index contributed by atoms with van der Waals surface area (Å²) < 4.78 is 1.99. The molecule has 35 heavy (non-hydrogen) atoms. The molecule has 1 saturated carbocycles. The molecule has 0 atom stereocenters. The van der Waals surface area contributed by atoms with Crippen molar-refractivity contribution >= 4 is 28.3 Å². The Labute approximate surface area is 205 Å². The van der Waals surface area contributed by atoms with Crippen molar-refractivity contribution in [2.45, 2.75) is 51.9 Å². The van der Waals surface area contributed by atoms with Gasteiger partial charge in [0.05, 0.1) is 5.39 Å². The molecular weight excluding hydrogens is 434 g/mol. The van der Waals surface area contributed by atoms with Gasteiger partial charge in [-0.25, -0.2) is 4.98 Å². The Balaban J connectivity index is 1.54. The molecule has 0 unspecified atom stereocenters. The van der Waals surface area contributed by atoms with Crippen molar-refractivity contribution in [3.63, 3.8) is 0 Å². The molecule has 1 N–H and O–H groups in total. The van der Waals surface area contributed by atoms with Crippen molar-refractivity contribution in [3.05, 3.63) is 94.3 Å². The molecular formula is C30H31N3O2. The fourth-order valence-corrected chi connectivity index (χ4v) is 5.11. The van der Waals surface area contributed by atoms with Crippen LogP contribution in [0.1, 0.15) is 49.8 Å². The van der Waals surface area contributed by atoms with Gasteiger partial charge >= 0.3 is 0 Å². The Hall–Kier alpha value is -3.73. The molecule has 2 aromatic carbocycles. The summed E-state index contributed by atoms with van der Waals surface area (Å²) in [4.78, 5) is 31.0. The number of benzene rings is 2. The number of Topliss-reactive ketones (excluding diaryl/α,β-unsaturated/α-hetero) is 1. The monoisotopic (exact) mass is 465 g/mol. The van der Waals surface area contributed by atoms with Crippen molar-refractivity contribution in [2.24, 2.45) is 5.92 Å². The second-order valence-electron chi connectivity index (χ2n) is 9.46. The maximum atomic E-state index is 13.3. The maximum Gasteiger partial charge on any atom is 0.193 e. The first-order valence-corrected chi connectivity index (χ1v) is 12.6. The first-order chi connectivity index (χ1) is 17.1. The molecule has 0 saturated heterocycles. The standard InChI is InChI=1S/C30H31N3O2/c1-21-23(17-18-27(34)22-11-5-2-6-12-22)19-26-28(35)20-29(32-24-13-7-3-8-14-24)33(30(26)31-21)25-15-9-4-10-16-25/h3-4,7-10,13-16,19-20,22,32H,2,5-6,11-12,17-18H2,1H3. The molecule has 5 nitrogen and oxygen atoms in total. The third-order valence-electron chi connectivity index (χ3n) is 7.05. The summed E-state index contributed by atoms with van der Waals surface area (Å²) in [6.07, 6.45) is 6.74. The highest BCUT2D eigenvalue weighted by molar-refractivity contribution is 5.83. The second-order valence-corrected chi connectivity index (χ2v) is 9.46. The lowest BCUT2D eigenvalue weighted by Gasteiger charge is -2.21. The van der Waals surface area contributed by atoms with E-state index in [1.54, 1.807) is 6.07 Å². The number of carbonyl (C=O) groups is 1. The number of nitrogens with one attached hydrogen (secondary N) is 1. The van der Waals surface area contributed by atoms with Crippen LogP contribution in [-0.4, -0.2) is 15.3 Å². The van der Waals surface area contributed by atoms with E-state index in [9.17, 15) is 9.59 Å². The number of anilines is 2. The van der Waals surface area contributed by atoms with Crippen LogP contribution in [0.25, 0.3) is 16.7 Å². The van der Waals surface area contributed by atoms with Gasteiger partial charge in [-0.3, -0.25) is 14.2 Å². The van der Waals surface area contributed by atoms with E-state index in [2.05, 4.69) is 5.32 Å². The van der Waals surface area contributed by atoms with Gasteiger partial charge in [0.25, 0.3) is 0 Å². The number of aryl methyl sites for hydroxylation is 2. The number of carbonyl (C=O) groups excluding carboxylic acids is 1. The van der Waals surface area contributed by atoms with Crippen LogP contribution in [0.4, 0.5) is 11.5 Å². The molecule has 5 heteroatoms. The van der Waals surface area contributed by atoms with Crippen molar-refractivity contribution < 1.29 is 4.79 Å². The van der Waals surface area contributed by atoms with Crippen molar-refractivity contribution in [1.29, 1.82) is 0 Å². The molecule has 4 aromatic rings. The fourth-order valence-electron chi connectivity index (χ4n) is 5.11. The third kappa shape index (κ3) is 5.04. The molecule has 2 aromatic heterocycles. The highest BCUT2D eigenvalue weighted by Crippen LogP contribution is 2.28. The normalized spacial score (nSPS) is 14.2. The van der Waals surface area contributed by atoms with E-state index in [1.165, 1.54) is 6.42 Å². The van der Waals surface area contributed by atoms with Crippen LogP contribution in [-0.2, 0) is 11.2 Å². The number of hydrogen-bond acceptors (Lipinski definition) is 4. The number of hydrogen-bond donors (Lipinski definition) is 1. The maximum absolute atomic E-state index is 13.3. The van der Waals surface area contributed by atoms with E-state index < -0.39 is 0 Å². The minimum absolute atomic E-state index is 0.0852. The van der Waals surface area contributed by atoms with Gasteiger partial charge in [-0.1, -0.05) is 55.7 Å². The topological polar surface area (TPSA) is 64.0 Å². The van der Waals surface area contributed by atoms with Crippen LogP contribution in [0.3, 0.4) is 0 Å². The number of ketones is 1. The predicted octanol–water partition coefficient (Wildman–Crippen LogP) is 6.52. The minimum atomic E-state index is -0.0852. The van der Waals surface area contributed by atoms with Crippen LogP contribution in [0, 0.1) is 12.8 Å². The van der Waals surface area contributed by atoms with E-state index >= 15 is 0 Å². The zero-order chi connectivity index (χ0) is 24.2. The first-order valence-electron chi connectivity index (χ1n) is 12.6. The summed E-state index contributed by atoms with van der Waals surface area (Å²) in [6, 6.07) is 23.3. The second kappa shape index (κ2) is 10.3. The lowest BCUT2D eigenvalue weighted by Crippen LogP contribution is -2.18. The van der Waals surface area contributed by atoms with Gasteiger partial charge < -0.3 is 5.32 Å². The molecule has 0 bridgehead atoms. The highest BCUT2D eigenvalue weighted by atomic mass is 16.1. The molecule has 178 valence electrons. The number of para-hydroxylation sites is 2. The zero-order valence-electron chi connectivity index (χ0n) is 20.2. The molecule has 1 fully saturated rings. The largest absolute Gasteiger partial charge is 0.341 e. The number of rotatable bonds is 7. The quantitative estimate of drug-likeness (QED) is 0.337. The predicted molar refractivity (Wildman–Crippen MR) is 142 cm³/mol. The first kappa shape index (κ1) is 23.0. The van der Waals surface area contributed by atoms with Crippen molar-refractivity contribution in [1.82, 2.24) is 9.55 Å². The van der Waals surface area contributed by atoms with Gasteiger partial charge in [0.2, 0.25) is 0 Å². The molecule has 0 aliphatic heterocycles. The minimum Gasteiger partial charge on any atom is -0.341 e. The number of pyridine rings is 2. The van der Waals surface area contributed by atoms with E-state index in [0.29, 0.717) is 35.5 Å². The van der Waals surface area contributed by atoms with Gasteiger partial charge in [-0.2, -0.15) is 0 Å². The molecule has 1 aliphatic rings. The van der Waals surface area contributed by atoms with Gasteiger partial charge in [-0.15, -0.1) is 0 Å². The fraction of sp³-hybridized carbons (Fsp3) is 0.300. The molecule has 0 amide bonds. The van der Waals surface area contributed by atoms with E-state index in [0.717, 1.165) is 48.3 Å². The van der Waals surface area contributed by atoms with Crippen molar-refractivity contribution in [3.8, 4) is 5.69 Å². The van der Waals surface area contributed by atoms with Crippen LogP contribution >= 0.6 is 0 Å². The van der Waals surface area contributed by atoms with Crippen LogP contribution in [0.2, 0.25) is 0 Å². The average Bonchev–Trinajstić information content (AvgIpc) is 2.89. The Morgan fingerprint density at radius 2 is 1.66 bits per heavy atom. The van der Waals surface area contributed by atoms with Crippen LogP contribution in [0.5, 0.6) is 0 Å². The third-order valence-corrected chi connectivity index (χ3v) is 7.05. The SMILES string of the molecule is Cc1nc2c(cc1CCC(=O)C1CCCCC1)c(=O)cc(Nc1ccccc1)n2-c1ccccc1. The Kier molecular flexibility index (Phi) is 6.75. The molecule has 0 spiro atoms. The summed E-state index contributed by atoms with van der Waals surface area (Å²) in [5.41, 5.74) is 4.17. The lowest BCUT2D eigenvalue weighted by molar-refractivity contribution is -0.123. The van der Waals surface area contributed by atoms with Crippen molar-refractivity contribution in [2.75, 3.05) is 5.32 Å². The van der Waals surface area contributed by atoms with Crippen LogP contribution < -0.4 is 10.7 Å². The number of aromatic nitrogens is 2. The number of nitrogens with zero attached hydrogens (tertiary/aromatic N) is 2. The summed E-state index contributed by atoms with van der Waals surface area (Å²) in [5.74, 6) is 1.22.